The van der Waals surface area contributed by atoms with Gasteiger partial charge in [0.1, 0.15) is 5.75 Å². The van der Waals surface area contributed by atoms with Crippen molar-refractivity contribution in [1.29, 1.82) is 0 Å². The average molecular weight is 305 g/mol. The predicted octanol–water partition coefficient (Wildman–Crippen LogP) is 2.63. The van der Waals surface area contributed by atoms with E-state index in [1.54, 1.807) is 7.11 Å². The maximum Gasteiger partial charge on any atom is 0.243 e. The van der Waals surface area contributed by atoms with Crippen LogP contribution in [0.4, 0.5) is 5.13 Å². The van der Waals surface area contributed by atoms with Crippen LogP contribution in [-0.4, -0.2) is 30.6 Å². The molecule has 21 heavy (non-hydrogen) atoms. The number of amides is 1. The third-order valence-corrected chi connectivity index (χ3v) is 4.74. The number of carbonyl (C=O) groups excluding carboxylic acids is 1. The fourth-order valence-corrected chi connectivity index (χ4v) is 3.48. The Morgan fingerprint density at radius 3 is 3.14 bits per heavy atom. The minimum absolute atomic E-state index is 0.00701. The summed E-state index contributed by atoms with van der Waals surface area (Å²) in [5.41, 5.74) is 0.876. The molecule has 1 aliphatic rings. The molecule has 2 unspecified atom stereocenters. The zero-order valence-corrected chi connectivity index (χ0v) is 13.0. The lowest BCUT2D eigenvalue weighted by Crippen LogP contribution is -2.45. The van der Waals surface area contributed by atoms with Gasteiger partial charge in [0.25, 0.3) is 0 Å². The lowest BCUT2D eigenvalue weighted by molar-refractivity contribution is -0.119. The lowest BCUT2D eigenvalue weighted by atomic mass is 9.94. The number of benzene rings is 1. The molecular formula is C15H19N3O2S. The predicted molar refractivity (Wildman–Crippen MR) is 85.0 cm³/mol. The number of aromatic nitrogens is 1. The number of rotatable bonds is 3. The molecule has 1 fully saturated rings. The Morgan fingerprint density at radius 2 is 2.38 bits per heavy atom. The highest BCUT2D eigenvalue weighted by molar-refractivity contribution is 7.22. The van der Waals surface area contributed by atoms with E-state index in [9.17, 15) is 4.79 Å². The van der Waals surface area contributed by atoms with Crippen molar-refractivity contribution in [2.45, 2.75) is 25.8 Å². The maximum atomic E-state index is 12.3. The van der Waals surface area contributed by atoms with E-state index >= 15 is 0 Å². The molecule has 6 heteroatoms. The van der Waals surface area contributed by atoms with Crippen molar-refractivity contribution in [3.8, 4) is 5.75 Å². The number of hydrogen-bond donors (Lipinski definition) is 2. The standard InChI is InChI=1S/C15H19N3O2S/c1-9-5-6-16-12(7-9)14(19)18-15-17-11-4-3-10(20-2)8-13(11)21-15/h3-4,8-9,12,16H,5-7H2,1-2H3,(H,17,18,19). The molecule has 0 bridgehead atoms. The van der Waals surface area contributed by atoms with Gasteiger partial charge in [-0.3, -0.25) is 4.79 Å². The number of fused-ring (bicyclic) bond motifs is 1. The summed E-state index contributed by atoms with van der Waals surface area (Å²) in [6, 6.07) is 5.60. The first kappa shape index (κ1) is 14.3. The van der Waals surface area contributed by atoms with Crippen LogP contribution in [0.1, 0.15) is 19.8 Å². The highest BCUT2D eigenvalue weighted by Gasteiger charge is 2.25. The fraction of sp³-hybridized carbons (Fsp3) is 0.467. The van der Waals surface area contributed by atoms with Gasteiger partial charge in [-0.15, -0.1) is 0 Å². The van der Waals surface area contributed by atoms with Crippen LogP contribution in [0.3, 0.4) is 0 Å². The van der Waals surface area contributed by atoms with E-state index in [4.69, 9.17) is 4.74 Å². The smallest absolute Gasteiger partial charge is 0.243 e. The number of carbonyl (C=O) groups is 1. The van der Waals surface area contributed by atoms with Crippen LogP contribution < -0.4 is 15.4 Å². The van der Waals surface area contributed by atoms with E-state index in [1.807, 2.05) is 18.2 Å². The Kier molecular flexibility index (Phi) is 4.07. The second-order valence-corrected chi connectivity index (χ2v) is 6.51. The molecule has 2 aromatic rings. The van der Waals surface area contributed by atoms with E-state index in [-0.39, 0.29) is 11.9 Å². The molecule has 0 aliphatic carbocycles. The molecule has 0 radical (unpaired) electrons. The van der Waals surface area contributed by atoms with Crippen LogP contribution in [0.15, 0.2) is 18.2 Å². The van der Waals surface area contributed by atoms with Gasteiger partial charge in [-0.25, -0.2) is 4.98 Å². The molecule has 1 saturated heterocycles. The molecule has 1 aromatic heterocycles. The third kappa shape index (κ3) is 3.16. The van der Waals surface area contributed by atoms with Crippen LogP contribution in [0.5, 0.6) is 5.75 Å². The largest absolute Gasteiger partial charge is 0.497 e. The van der Waals surface area contributed by atoms with Crippen LogP contribution in [0, 0.1) is 5.92 Å². The van der Waals surface area contributed by atoms with Gasteiger partial charge in [0.2, 0.25) is 5.91 Å². The van der Waals surface area contributed by atoms with Gasteiger partial charge in [-0.2, -0.15) is 0 Å². The summed E-state index contributed by atoms with van der Waals surface area (Å²) < 4.78 is 6.21. The summed E-state index contributed by atoms with van der Waals surface area (Å²) in [5, 5.41) is 6.83. The first-order valence-electron chi connectivity index (χ1n) is 7.14. The van der Waals surface area contributed by atoms with Gasteiger partial charge in [0, 0.05) is 0 Å². The SMILES string of the molecule is COc1ccc2nc(NC(=O)C3CC(C)CCN3)sc2c1. The normalized spacial score (nSPS) is 22.2. The Bertz CT molecular complexity index is 655. The lowest BCUT2D eigenvalue weighted by Gasteiger charge is -2.26. The fourth-order valence-electron chi connectivity index (χ4n) is 2.59. The summed E-state index contributed by atoms with van der Waals surface area (Å²) in [5.74, 6) is 1.39. The molecule has 1 aliphatic heterocycles. The summed E-state index contributed by atoms with van der Waals surface area (Å²) in [6.07, 6.45) is 2.01. The molecule has 1 aromatic carbocycles. The van der Waals surface area contributed by atoms with Crippen molar-refractivity contribution in [2.75, 3.05) is 19.0 Å². The number of thiazole rings is 1. The summed E-state index contributed by atoms with van der Waals surface area (Å²) >= 11 is 1.47. The second kappa shape index (κ2) is 5.99. The van der Waals surface area contributed by atoms with Crippen LogP contribution in [0.2, 0.25) is 0 Å². The van der Waals surface area contributed by atoms with Crippen molar-refractivity contribution >= 4 is 32.6 Å². The molecule has 2 heterocycles. The Labute approximate surface area is 127 Å². The van der Waals surface area contributed by atoms with E-state index in [1.165, 1.54) is 11.3 Å². The molecule has 5 nitrogen and oxygen atoms in total. The Hall–Kier alpha value is -1.66. The van der Waals surface area contributed by atoms with Crippen LogP contribution in [-0.2, 0) is 4.79 Å². The van der Waals surface area contributed by atoms with Crippen molar-refractivity contribution in [3.63, 3.8) is 0 Å². The number of nitrogens with one attached hydrogen (secondary N) is 2. The molecular weight excluding hydrogens is 286 g/mol. The van der Waals surface area contributed by atoms with Gasteiger partial charge in [-0.05, 0) is 43.5 Å². The number of methoxy groups -OCH3 is 1. The van der Waals surface area contributed by atoms with Crippen LogP contribution in [0.25, 0.3) is 10.2 Å². The highest BCUT2D eigenvalue weighted by Crippen LogP contribution is 2.29. The molecule has 2 N–H and O–H groups in total. The number of hydrogen-bond acceptors (Lipinski definition) is 5. The minimum Gasteiger partial charge on any atom is -0.497 e. The maximum absolute atomic E-state index is 12.3. The molecule has 0 saturated carbocycles. The number of nitrogens with zero attached hydrogens (tertiary/aromatic N) is 1. The Morgan fingerprint density at radius 1 is 1.52 bits per heavy atom. The van der Waals surface area contributed by atoms with Crippen molar-refractivity contribution < 1.29 is 9.53 Å². The van der Waals surface area contributed by atoms with Crippen LogP contribution >= 0.6 is 11.3 Å². The van der Waals surface area contributed by atoms with Gasteiger partial charge < -0.3 is 15.4 Å². The number of anilines is 1. The molecule has 0 spiro atoms. The third-order valence-electron chi connectivity index (χ3n) is 3.81. The zero-order valence-electron chi connectivity index (χ0n) is 12.2. The topological polar surface area (TPSA) is 63.2 Å². The molecule has 112 valence electrons. The monoisotopic (exact) mass is 305 g/mol. The van der Waals surface area contributed by atoms with E-state index in [0.717, 1.165) is 35.4 Å². The van der Waals surface area contributed by atoms with E-state index < -0.39 is 0 Å². The second-order valence-electron chi connectivity index (χ2n) is 5.48. The molecule has 3 rings (SSSR count). The van der Waals surface area contributed by atoms with Gasteiger partial charge in [0.15, 0.2) is 5.13 Å². The first-order valence-corrected chi connectivity index (χ1v) is 7.96. The highest BCUT2D eigenvalue weighted by atomic mass is 32.1. The summed E-state index contributed by atoms with van der Waals surface area (Å²) in [6.45, 7) is 3.08. The number of piperidine rings is 1. The van der Waals surface area contributed by atoms with Crippen molar-refractivity contribution in [3.05, 3.63) is 18.2 Å². The summed E-state index contributed by atoms with van der Waals surface area (Å²) in [7, 11) is 1.64. The van der Waals surface area contributed by atoms with E-state index in [2.05, 4.69) is 22.5 Å². The van der Waals surface area contributed by atoms with E-state index in [0.29, 0.717) is 11.0 Å². The van der Waals surface area contributed by atoms with Gasteiger partial charge >= 0.3 is 0 Å². The molecule has 2 atom stereocenters. The summed E-state index contributed by atoms with van der Waals surface area (Å²) in [4.78, 5) is 16.7. The first-order chi connectivity index (χ1) is 10.2. The quantitative estimate of drug-likeness (QED) is 0.915. The van der Waals surface area contributed by atoms with Crippen molar-refractivity contribution in [1.82, 2.24) is 10.3 Å². The van der Waals surface area contributed by atoms with Gasteiger partial charge in [-0.1, -0.05) is 18.3 Å². The zero-order chi connectivity index (χ0) is 14.8. The Balaban J connectivity index is 1.73. The van der Waals surface area contributed by atoms with Crippen molar-refractivity contribution in [2.24, 2.45) is 5.92 Å². The average Bonchev–Trinajstić information content (AvgIpc) is 2.88. The minimum atomic E-state index is -0.115. The number of ether oxygens (including phenoxy) is 1. The van der Waals surface area contributed by atoms with Gasteiger partial charge in [0.05, 0.1) is 23.4 Å². The molecule has 1 amide bonds.